The Morgan fingerprint density at radius 1 is 1.24 bits per heavy atom. The Hall–Kier alpha value is -2.34. The topological polar surface area (TPSA) is 90.5 Å². The van der Waals surface area contributed by atoms with Crippen LogP contribution in [-0.4, -0.2) is 29.0 Å². The van der Waals surface area contributed by atoms with Crippen LogP contribution in [0.4, 0.5) is 5.82 Å². The molecule has 0 atom stereocenters. The summed E-state index contributed by atoms with van der Waals surface area (Å²) in [7, 11) is 1.56. The molecule has 0 fully saturated rings. The Labute approximate surface area is 122 Å². The van der Waals surface area contributed by atoms with Crippen molar-refractivity contribution in [2.24, 2.45) is 0 Å². The highest BCUT2D eigenvalue weighted by Gasteiger charge is 2.20. The van der Waals surface area contributed by atoms with Gasteiger partial charge in [0.05, 0.1) is 13.7 Å². The number of anilines is 1. The molecule has 2 heterocycles. The van der Waals surface area contributed by atoms with Crippen LogP contribution in [0.3, 0.4) is 0 Å². The summed E-state index contributed by atoms with van der Waals surface area (Å²) in [4.78, 5) is 0. The van der Waals surface area contributed by atoms with Gasteiger partial charge in [-0.15, -0.1) is 10.2 Å². The van der Waals surface area contributed by atoms with E-state index in [9.17, 15) is 5.11 Å². The van der Waals surface area contributed by atoms with Crippen LogP contribution in [0.5, 0.6) is 11.5 Å². The second-order valence-corrected chi connectivity index (χ2v) is 4.98. The van der Waals surface area contributed by atoms with Gasteiger partial charge in [0.2, 0.25) is 0 Å². The van der Waals surface area contributed by atoms with Crippen LogP contribution in [0.25, 0.3) is 11.3 Å². The molecule has 0 saturated heterocycles. The van der Waals surface area contributed by atoms with E-state index in [1.54, 1.807) is 19.2 Å². The van der Waals surface area contributed by atoms with Crippen LogP contribution in [0, 0.1) is 0 Å². The summed E-state index contributed by atoms with van der Waals surface area (Å²) in [6, 6.07) is 5.22. The van der Waals surface area contributed by atoms with Gasteiger partial charge in [-0.2, -0.15) is 0 Å². The van der Waals surface area contributed by atoms with Gasteiger partial charge in [0, 0.05) is 18.2 Å². The lowest BCUT2D eigenvalue weighted by molar-refractivity contribution is 0.119. The predicted molar refractivity (Wildman–Crippen MR) is 78.1 cm³/mol. The Kier molecular flexibility index (Phi) is 3.62. The lowest BCUT2D eigenvalue weighted by atomic mass is 9.98. The molecular formula is C15H17N3O3. The van der Waals surface area contributed by atoms with Crippen LogP contribution in [0.15, 0.2) is 18.2 Å². The van der Waals surface area contributed by atoms with E-state index in [0.29, 0.717) is 36.0 Å². The summed E-state index contributed by atoms with van der Waals surface area (Å²) in [6.45, 7) is 1.03. The normalized spacial score (nSPS) is 14.3. The van der Waals surface area contributed by atoms with Gasteiger partial charge in [0.15, 0.2) is 0 Å². The van der Waals surface area contributed by atoms with Gasteiger partial charge < -0.3 is 20.3 Å². The monoisotopic (exact) mass is 287 g/mol. The first-order valence-electron chi connectivity index (χ1n) is 6.79. The average Bonchev–Trinajstić information content (AvgIpc) is 2.55. The van der Waals surface area contributed by atoms with Gasteiger partial charge in [0.25, 0.3) is 0 Å². The molecule has 1 aromatic heterocycles. The Morgan fingerprint density at radius 2 is 2.10 bits per heavy atom. The summed E-state index contributed by atoms with van der Waals surface area (Å²) in [5.74, 6) is 1.07. The van der Waals surface area contributed by atoms with Gasteiger partial charge in [-0.25, -0.2) is 0 Å². The molecule has 3 rings (SSSR count). The fourth-order valence-electron chi connectivity index (χ4n) is 2.56. The van der Waals surface area contributed by atoms with Crippen molar-refractivity contribution in [1.82, 2.24) is 10.2 Å². The van der Waals surface area contributed by atoms with E-state index in [4.69, 9.17) is 15.2 Å². The molecule has 3 N–H and O–H groups in total. The number of hydrogen-bond acceptors (Lipinski definition) is 6. The number of aryl methyl sites for hydroxylation is 1. The molecule has 0 amide bonds. The molecule has 1 aromatic carbocycles. The van der Waals surface area contributed by atoms with Crippen LogP contribution >= 0.6 is 0 Å². The number of fused-ring (bicyclic) bond motifs is 3. The van der Waals surface area contributed by atoms with Crippen molar-refractivity contribution in [3.05, 3.63) is 29.3 Å². The van der Waals surface area contributed by atoms with Gasteiger partial charge in [0.1, 0.15) is 23.0 Å². The predicted octanol–water partition coefficient (Wildman–Crippen LogP) is 1.90. The third-order valence-electron chi connectivity index (χ3n) is 3.53. The van der Waals surface area contributed by atoms with Crippen molar-refractivity contribution in [1.29, 1.82) is 0 Å². The van der Waals surface area contributed by atoms with Crippen molar-refractivity contribution in [3.8, 4) is 22.8 Å². The molecule has 1 aliphatic rings. The number of methoxy groups -OCH3 is 1. The number of ether oxygens (including phenoxy) is 2. The van der Waals surface area contributed by atoms with Crippen LogP contribution in [0.1, 0.15) is 17.5 Å². The first-order chi connectivity index (χ1) is 10.2. The second kappa shape index (κ2) is 5.57. The van der Waals surface area contributed by atoms with Crippen molar-refractivity contribution in [3.63, 3.8) is 0 Å². The van der Waals surface area contributed by atoms with Crippen LogP contribution < -0.4 is 10.5 Å². The first kappa shape index (κ1) is 13.6. The van der Waals surface area contributed by atoms with Crippen molar-refractivity contribution >= 4 is 5.82 Å². The number of nitrogen functional groups attached to an aromatic ring is 1. The Balaban J connectivity index is 2.23. The summed E-state index contributed by atoms with van der Waals surface area (Å²) >= 11 is 0. The van der Waals surface area contributed by atoms with E-state index in [-0.39, 0.29) is 5.75 Å². The molecule has 0 bridgehead atoms. The van der Waals surface area contributed by atoms with Crippen molar-refractivity contribution in [2.75, 3.05) is 19.5 Å². The molecule has 6 heteroatoms. The zero-order valence-corrected chi connectivity index (χ0v) is 11.8. The molecule has 0 radical (unpaired) electrons. The molecule has 2 aromatic rings. The van der Waals surface area contributed by atoms with Gasteiger partial charge in [-0.05, 0) is 36.1 Å². The average molecular weight is 287 g/mol. The Morgan fingerprint density at radius 3 is 2.90 bits per heavy atom. The van der Waals surface area contributed by atoms with Gasteiger partial charge in [-0.3, -0.25) is 0 Å². The quantitative estimate of drug-likeness (QED) is 0.832. The number of benzene rings is 1. The number of phenolic OH excluding ortho intramolecular Hbond substituents is 1. The third-order valence-corrected chi connectivity index (χ3v) is 3.53. The fourth-order valence-corrected chi connectivity index (χ4v) is 2.56. The summed E-state index contributed by atoms with van der Waals surface area (Å²) in [6.07, 6.45) is 1.64. The minimum absolute atomic E-state index is 0.107. The zero-order chi connectivity index (χ0) is 14.8. The summed E-state index contributed by atoms with van der Waals surface area (Å²) < 4.78 is 10.9. The minimum Gasteiger partial charge on any atom is -0.507 e. The SMILES string of the molecule is COc1cc(O)c2c(c1)COCCCc1cc(N)nnc1-2. The molecule has 110 valence electrons. The summed E-state index contributed by atoms with van der Waals surface area (Å²) in [5, 5.41) is 18.5. The smallest absolute Gasteiger partial charge is 0.146 e. The van der Waals surface area contributed by atoms with Crippen molar-refractivity contribution in [2.45, 2.75) is 19.4 Å². The third kappa shape index (κ3) is 2.62. The van der Waals surface area contributed by atoms with E-state index in [1.165, 1.54) is 0 Å². The highest BCUT2D eigenvalue weighted by atomic mass is 16.5. The maximum absolute atomic E-state index is 10.4. The highest BCUT2D eigenvalue weighted by molar-refractivity contribution is 5.75. The molecule has 0 unspecified atom stereocenters. The van der Waals surface area contributed by atoms with Crippen LogP contribution in [-0.2, 0) is 17.8 Å². The fraction of sp³-hybridized carbons (Fsp3) is 0.333. The molecular weight excluding hydrogens is 270 g/mol. The number of aromatic hydroxyl groups is 1. The number of nitrogens with two attached hydrogens (primary N) is 1. The number of hydrogen-bond donors (Lipinski definition) is 2. The van der Waals surface area contributed by atoms with Gasteiger partial charge in [-0.1, -0.05) is 0 Å². The van der Waals surface area contributed by atoms with Crippen LogP contribution in [0.2, 0.25) is 0 Å². The number of nitrogens with zero attached hydrogens (tertiary/aromatic N) is 2. The molecule has 6 nitrogen and oxygen atoms in total. The maximum Gasteiger partial charge on any atom is 0.146 e. The largest absolute Gasteiger partial charge is 0.507 e. The van der Waals surface area contributed by atoms with E-state index in [1.807, 2.05) is 6.07 Å². The van der Waals surface area contributed by atoms with E-state index in [0.717, 1.165) is 24.0 Å². The number of rotatable bonds is 1. The van der Waals surface area contributed by atoms with E-state index < -0.39 is 0 Å². The molecule has 0 saturated carbocycles. The lowest BCUT2D eigenvalue weighted by Gasteiger charge is -2.14. The number of phenols is 1. The maximum atomic E-state index is 10.4. The second-order valence-electron chi connectivity index (χ2n) is 4.98. The zero-order valence-electron chi connectivity index (χ0n) is 11.8. The minimum atomic E-state index is 0.107. The van der Waals surface area contributed by atoms with Crippen molar-refractivity contribution < 1.29 is 14.6 Å². The Bertz CT molecular complexity index is 673. The molecule has 0 spiro atoms. The standard InChI is InChI=1S/C15H17N3O3/c1-20-11-5-10-8-21-4-2-3-9-6-13(16)17-18-15(9)14(10)12(19)7-11/h5-7,19H,2-4,8H2,1H3,(H2,16,17). The van der Waals surface area contributed by atoms with E-state index >= 15 is 0 Å². The molecule has 0 aliphatic carbocycles. The number of aromatic nitrogens is 2. The van der Waals surface area contributed by atoms with Gasteiger partial charge >= 0.3 is 0 Å². The highest BCUT2D eigenvalue weighted by Crippen LogP contribution is 2.38. The molecule has 1 aliphatic heterocycles. The van der Waals surface area contributed by atoms with E-state index in [2.05, 4.69) is 10.2 Å². The molecule has 21 heavy (non-hydrogen) atoms. The summed E-state index contributed by atoms with van der Waals surface area (Å²) in [5.41, 5.74) is 8.82. The first-order valence-corrected chi connectivity index (χ1v) is 6.79. The lowest BCUT2D eigenvalue weighted by Crippen LogP contribution is -2.02.